The fourth-order valence-electron chi connectivity index (χ4n) is 2.98. The monoisotopic (exact) mass is 246 g/mol. The number of hydrogen-bond acceptors (Lipinski definition) is 3. The summed E-state index contributed by atoms with van der Waals surface area (Å²) in [6, 6.07) is 0.934. The van der Waals surface area contributed by atoms with Gasteiger partial charge in [0.25, 0.3) is 0 Å². The number of sulfonamides is 1. The average molecular weight is 246 g/mol. The summed E-state index contributed by atoms with van der Waals surface area (Å²) in [4.78, 5) is 0. The molecule has 16 heavy (non-hydrogen) atoms. The van der Waals surface area contributed by atoms with Crippen molar-refractivity contribution < 1.29 is 8.42 Å². The van der Waals surface area contributed by atoms with Gasteiger partial charge in [-0.25, -0.2) is 8.42 Å². The number of hydrogen-bond donors (Lipinski definition) is 1. The van der Waals surface area contributed by atoms with E-state index >= 15 is 0 Å². The Bertz CT molecular complexity index is 355. The van der Waals surface area contributed by atoms with E-state index in [4.69, 9.17) is 0 Å². The van der Waals surface area contributed by atoms with E-state index in [0.29, 0.717) is 18.3 Å². The maximum Gasteiger partial charge on any atom is 0.214 e. The Kier molecular flexibility index (Phi) is 3.29. The van der Waals surface area contributed by atoms with E-state index in [0.717, 1.165) is 12.8 Å². The predicted octanol–water partition coefficient (Wildman–Crippen LogP) is 0.797. The van der Waals surface area contributed by atoms with Crippen LogP contribution in [0.2, 0.25) is 0 Å². The molecule has 2 heterocycles. The van der Waals surface area contributed by atoms with Gasteiger partial charge in [0.05, 0.1) is 5.75 Å². The molecule has 0 spiro atoms. The van der Waals surface area contributed by atoms with Crippen LogP contribution in [0.3, 0.4) is 0 Å². The Labute approximate surface area is 98.4 Å². The first-order chi connectivity index (χ1) is 7.40. The lowest BCUT2D eigenvalue weighted by atomic mass is 9.95. The van der Waals surface area contributed by atoms with Gasteiger partial charge in [0.1, 0.15) is 0 Å². The standard InChI is InChI=1S/C11H22N2O2S/c1-8-6-13(16(14,15)7-8)11-5-4-9(2)12-10(11)3/h8-12H,4-7H2,1-3H3. The van der Waals surface area contributed by atoms with Crippen molar-refractivity contribution in [3.05, 3.63) is 0 Å². The van der Waals surface area contributed by atoms with Crippen LogP contribution in [0.25, 0.3) is 0 Å². The summed E-state index contributed by atoms with van der Waals surface area (Å²) in [6.07, 6.45) is 2.05. The minimum atomic E-state index is -2.99. The van der Waals surface area contributed by atoms with Crippen LogP contribution in [0, 0.1) is 5.92 Å². The number of rotatable bonds is 1. The maximum atomic E-state index is 12.0. The predicted molar refractivity (Wildman–Crippen MR) is 64.7 cm³/mol. The van der Waals surface area contributed by atoms with E-state index in [2.05, 4.69) is 19.2 Å². The SMILES string of the molecule is CC1CN(C2CCC(C)NC2C)S(=O)(=O)C1. The van der Waals surface area contributed by atoms with Crippen LogP contribution in [0.4, 0.5) is 0 Å². The molecule has 2 fully saturated rings. The lowest BCUT2D eigenvalue weighted by molar-refractivity contribution is 0.196. The molecule has 5 heteroatoms. The molecule has 0 aromatic carbocycles. The number of nitrogens with zero attached hydrogens (tertiary/aromatic N) is 1. The third kappa shape index (κ3) is 2.26. The second kappa shape index (κ2) is 4.27. The first-order valence-corrected chi connectivity index (χ1v) is 7.76. The van der Waals surface area contributed by atoms with Gasteiger partial charge in [-0.15, -0.1) is 0 Å². The molecule has 0 aliphatic carbocycles. The van der Waals surface area contributed by atoms with Crippen molar-refractivity contribution >= 4 is 10.0 Å². The van der Waals surface area contributed by atoms with Crippen LogP contribution in [0.5, 0.6) is 0 Å². The second-order valence-electron chi connectivity index (χ2n) is 5.45. The van der Waals surface area contributed by atoms with Gasteiger partial charge in [-0.05, 0) is 32.6 Å². The minimum absolute atomic E-state index is 0.158. The molecule has 2 saturated heterocycles. The summed E-state index contributed by atoms with van der Waals surface area (Å²) in [7, 11) is -2.99. The summed E-state index contributed by atoms with van der Waals surface area (Å²) in [5.41, 5.74) is 0. The largest absolute Gasteiger partial charge is 0.310 e. The van der Waals surface area contributed by atoms with Crippen LogP contribution < -0.4 is 5.32 Å². The summed E-state index contributed by atoms with van der Waals surface area (Å²) in [5, 5.41) is 3.45. The minimum Gasteiger partial charge on any atom is -0.310 e. The van der Waals surface area contributed by atoms with E-state index in [1.807, 2.05) is 6.92 Å². The summed E-state index contributed by atoms with van der Waals surface area (Å²) in [5.74, 6) is 0.600. The number of nitrogens with one attached hydrogen (secondary N) is 1. The number of piperidine rings is 1. The van der Waals surface area contributed by atoms with Crippen LogP contribution >= 0.6 is 0 Å². The van der Waals surface area contributed by atoms with Gasteiger partial charge in [0, 0.05) is 24.7 Å². The topological polar surface area (TPSA) is 49.4 Å². The van der Waals surface area contributed by atoms with Gasteiger partial charge < -0.3 is 5.32 Å². The molecule has 0 aromatic heterocycles. The Morgan fingerprint density at radius 2 is 1.88 bits per heavy atom. The summed E-state index contributed by atoms with van der Waals surface area (Å²) in [6.45, 7) is 6.97. The van der Waals surface area contributed by atoms with Crippen molar-refractivity contribution in [2.45, 2.75) is 51.7 Å². The Morgan fingerprint density at radius 1 is 1.19 bits per heavy atom. The van der Waals surface area contributed by atoms with Crippen molar-refractivity contribution in [3.8, 4) is 0 Å². The van der Waals surface area contributed by atoms with E-state index < -0.39 is 10.0 Å². The quantitative estimate of drug-likeness (QED) is 0.744. The molecule has 0 bridgehead atoms. The molecule has 4 nitrogen and oxygen atoms in total. The molecule has 4 unspecified atom stereocenters. The molecule has 94 valence electrons. The fourth-order valence-corrected chi connectivity index (χ4v) is 5.18. The molecule has 0 saturated carbocycles. The molecule has 0 amide bonds. The zero-order valence-corrected chi connectivity index (χ0v) is 11.1. The lowest BCUT2D eigenvalue weighted by Gasteiger charge is -2.38. The highest BCUT2D eigenvalue weighted by atomic mass is 32.2. The van der Waals surface area contributed by atoms with E-state index in [-0.39, 0.29) is 18.0 Å². The smallest absolute Gasteiger partial charge is 0.214 e. The molecule has 2 aliphatic rings. The van der Waals surface area contributed by atoms with Gasteiger partial charge in [0.15, 0.2) is 0 Å². The molecule has 2 rings (SSSR count). The van der Waals surface area contributed by atoms with Crippen molar-refractivity contribution in [1.82, 2.24) is 9.62 Å². The van der Waals surface area contributed by atoms with Gasteiger partial charge >= 0.3 is 0 Å². The highest BCUT2D eigenvalue weighted by molar-refractivity contribution is 7.89. The zero-order valence-electron chi connectivity index (χ0n) is 10.3. The molecule has 4 atom stereocenters. The average Bonchev–Trinajstić information content (AvgIpc) is 2.39. The highest BCUT2D eigenvalue weighted by Crippen LogP contribution is 2.28. The molecular formula is C11H22N2O2S. The third-order valence-electron chi connectivity index (χ3n) is 3.73. The first kappa shape index (κ1) is 12.3. The molecule has 1 N–H and O–H groups in total. The van der Waals surface area contributed by atoms with Gasteiger partial charge in [-0.3, -0.25) is 0 Å². The van der Waals surface area contributed by atoms with Crippen molar-refractivity contribution in [1.29, 1.82) is 0 Å². The van der Waals surface area contributed by atoms with Crippen molar-refractivity contribution in [2.24, 2.45) is 5.92 Å². The van der Waals surface area contributed by atoms with Crippen LogP contribution in [-0.4, -0.2) is 43.1 Å². The Morgan fingerprint density at radius 3 is 2.38 bits per heavy atom. The van der Waals surface area contributed by atoms with E-state index in [9.17, 15) is 8.42 Å². The summed E-state index contributed by atoms with van der Waals surface area (Å²) >= 11 is 0. The van der Waals surface area contributed by atoms with Crippen molar-refractivity contribution in [2.75, 3.05) is 12.3 Å². The van der Waals surface area contributed by atoms with Gasteiger partial charge in [-0.2, -0.15) is 4.31 Å². The molecular weight excluding hydrogens is 224 g/mol. The van der Waals surface area contributed by atoms with Crippen molar-refractivity contribution in [3.63, 3.8) is 0 Å². The Balaban J connectivity index is 2.13. The molecule has 0 radical (unpaired) electrons. The third-order valence-corrected chi connectivity index (χ3v) is 5.86. The summed E-state index contributed by atoms with van der Waals surface area (Å²) < 4.78 is 25.7. The van der Waals surface area contributed by atoms with E-state index in [1.165, 1.54) is 0 Å². The van der Waals surface area contributed by atoms with Gasteiger partial charge in [-0.1, -0.05) is 6.92 Å². The van der Waals surface area contributed by atoms with Crippen LogP contribution in [0.15, 0.2) is 0 Å². The highest BCUT2D eigenvalue weighted by Gasteiger charge is 2.41. The maximum absolute atomic E-state index is 12.0. The lowest BCUT2D eigenvalue weighted by Crippen LogP contribution is -2.55. The van der Waals surface area contributed by atoms with E-state index in [1.54, 1.807) is 4.31 Å². The molecule has 2 aliphatic heterocycles. The Hall–Kier alpha value is -0.130. The fraction of sp³-hybridized carbons (Fsp3) is 1.00. The normalized spacial score (nSPS) is 44.7. The van der Waals surface area contributed by atoms with Crippen LogP contribution in [-0.2, 0) is 10.0 Å². The zero-order chi connectivity index (χ0) is 11.9. The van der Waals surface area contributed by atoms with Crippen LogP contribution in [0.1, 0.15) is 33.6 Å². The molecule has 0 aromatic rings. The van der Waals surface area contributed by atoms with Gasteiger partial charge in [0.2, 0.25) is 10.0 Å². The first-order valence-electron chi connectivity index (χ1n) is 6.15. The second-order valence-corrected chi connectivity index (χ2v) is 7.42.